The Kier molecular flexibility index (Phi) is 4.71. The summed E-state index contributed by atoms with van der Waals surface area (Å²) >= 11 is 0. The van der Waals surface area contributed by atoms with Crippen LogP contribution in [0.1, 0.15) is 16.7 Å². The lowest BCUT2D eigenvalue weighted by Crippen LogP contribution is -2.07. The highest BCUT2D eigenvalue weighted by Crippen LogP contribution is 2.17. The molecule has 0 bridgehead atoms. The van der Waals surface area contributed by atoms with Gasteiger partial charge in [-0.3, -0.25) is 9.97 Å². The van der Waals surface area contributed by atoms with E-state index in [2.05, 4.69) is 63.4 Å². The fourth-order valence-corrected chi connectivity index (χ4v) is 2.35. The van der Waals surface area contributed by atoms with E-state index in [1.54, 1.807) is 0 Å². The quantitative estimate of drug-likeness (QED) is 0.699. The summed E-state index contributed by atoms with van der Waals surface area (Å²) in [6, 6.07) is 16.6. The lowest BCUT2D eigenvalue weighted by molar-refractivity contribution is 1.13. The van der Waals surface area contributed by atoms with E-state index in [4.69, 9.17) is 0 Å². The van der Waals surface area contributed by atoms with Crippen LogP contribution in [0.25, 0.3) is 23.5 Å². The number of anilines is 1. The van der Waals surface area contributed by atoms with Crippen molar-refractivity contribution in [2.24, 2.45) is 0 Å². The van der Waals surface area contributed by atoms with Crippen molar-refractivity contribution in [1.29, 1.82) is 0 Å². The Bertz CT molecular complexity index is 814. The van der Waals surface area contributed by atoms with Crippen LogP contribution in [-0.4, -0.2) is 24.1 Å². The van der Waals surface area contributed by atoms with Crippen LogP contribution in [0.15, 0.2) is 60.9 Å². The smallest absolute Gasteiger partial charge is 0.0886 e. The van der Waals surface area contributed by atoms with Gasteiger partial charge in [-0.15, -0.1) is 0 Å². The van der Waals surface area contributed by atoms with Crippen LogP contribution >= 0.6 is 0 Å². The Morgan fingerprint density at radius 1 is 0.708 bits per heavy atom. The van der Waals surface area contributed by atoms with Gasteiger partial charge in [-0.2, -0.15) is 0 Å². The number of hydrogen-bond donors (Lipinski definition) is 0. The summed E-state index contributed by atoms with van der Waals surface area (Å²) < 4.78 is 0. The molecule has 3 rings (SSSR count). The van der Waals surface area contributed by atoms with Crippen LogP contribution < -0.4 is 4.90 Å². The number of benzene rings is 1. The van der Waals surface area contributed by atoms with E-state index < -0.39 is 0 Å². The van der Waals surface area contributed by atoms with Gasteiger partial charge in [0, 0.05) is 32.2 Å². The Balaban J connectivity index is 1.72. The first-order valence-corrected chi connectivity index (χ1v) is 7.96. The zero-order valence-electron chi connectivity index (χ0n) is 14.3. The molecular formula is C21H21N3. The Morgan fingerprint density at radius 3 is 1.83 bits per heavy atom. The van der Waals surface area contributed by atoms with Gasteiger partial charge < -0.3 is 4.90 Å². The van der Waals surface area contributed by atoms with Crippen molar-refractivity contribution in [2.75, 3.05) is 19.0 Å². The number of nitrogens with zero attached hydrogens (tertiary/aromatic N) is 3. The minimum absolute atomic E-state index is 0.891. The molecule has 0 atom stereocenters. The summed E-state index contributed by atoms with van der Waals surface area (Å²) in [6.07, 6.45) is 7.91. The average molecular weight is 315 g/mol. The second-order valence-corrected chi connectivity index (χ2v) is 6.02. The maximum atomic E-state index is 4.51. The van der Waals surface area contributed by atoms with Crippen molar-refractivity contribution >= 4 is 17.8 Å². The summed E-state index contributed by atoms with van der Waals surface area (Å²) in [5.74, 6) is 0. The molecule has 120 valence electrons. The molecule has 0 N–H and O–H groups in total. The lowest BCUT2D eigenvalue weighted by atomic mass is 10.1. The van der Waals surface area contributed by atoms with Gasteiger partial charge in [-0.1, -0.05) is 36.4 Å². The van der Waals surface area contributed by atoms with Gasteiger partial charge in [0.2, 0.25) is 0 Å². The topological polar surface area (TPSA) is 29.0 Å². The fraction of sp³-hybridized carbons (Fsp3) is 0.143. The van der Waals surface area contributed by atoms with Crippen LogP contribution in [0.3, 0.4) is 0 Å². The van der Waals surface area contributed by atoms with Gasteiger partial charge in [0.05, 0.1) is 11.4 Å². The highest BCUT2D eigenvalue weighted by molar-refractivity contribution is 5.71. The third-order valence-electron chi connectivity index (χ3n) is 3.84. The maximum absolute atomic E-state index is 4.51. The standard InChI is InChI=1S/C21H21N3/c1-16-4-12-20(22-14-16)21-13-9-18(15-23-21)6-5-17-7-10-19(11-8-17)24(2)3/h4-15H,1-3H3/b6-5+. The van der Waals surface area contributed by atoms with Gasteiger partial charge in [-0.25, -0.2) is 0 Å². The van der Waals surface area contributed by atoms with Crippen molar-refractivity contribution in [3.05, 3.63) is 77.6 Å². The van der Waals surface area contributed by atoms with Crippen LogP contribution in [0.4, 0.5) is 5.69 Å². The monoisotopic (exact) mass is 315 g/mol. The molecule has 0 radical (unpaired) electrons. The second kappa shape index (κ2) is 7.09. The van der Waals surface area contributed by atoms with Gasteiger partial charge in [-0.05, 0) is 47.9 Å². The molecule has 2 aromatic heterocycles. The van der Waals surface area contributed by atoms with E-state index in [0.29, 0.717) is 0 Å². The molecule has 3 aromatic rings. The summed E-state index contributed by atoms with van der Waals surface area (Å²) in [5, 5.41) is 0. The Hall–Kier alpha value is -2.94. The van der Waals surface area contributed by atoms with E-state index in [-0.39, 0.29) is 0 Å². The molecule has 0 aliphatic rings. The molecular weight excluding hydrogens is 294 g/mol. The van der Waals surface area contributed by atoms with E-state index in [0.717, 1.165) is 22.5 Å². The average Bonchev–Trinajstić information content (AvgIpc) is 2.61. The summed E-state index contributed by atoms with van der Waals surface area (Å²) in [5.41, 5.74) is 6.38. The van der Waals surface area contributed by atoms with E-state index >= 15 is 0 Å². The molecule has 0 saturated carbocycles. The third-order valence-corrected chi connectivity index (χ3v) is 3.84. The lowest BCUT2D eigenvalue weighted by Gasteiger charge is -2.11. The molecule has 0 aliphatic heterocycles. The van der Waals surface area contributed by atoms with Gasteiger partial charge in [0.25, 0.3) is 0 Å². The van der Waals surface area contributed by atoms with Gasteiger partial charge >= 0.3 is 0 Å². The fourth-order valence-electron chi connectivity index (χ4n) is 2.35. The van der Waals surface area contributed by atoms with Crippen molar-refractivity contribution in [2.45, 2.75) is 6.92 Å². The van der Waals surface area contributed by atoms with Crippen LogP contribution in [0.5, 0.6) is 0 Å². The third kappa shape index (κ3) is 3.87. The second-order valence-electron chi connectivity index (χ2n) is 6.02. The van der Waals surface area contributed by atoms with Crippen molar-refractivity contribution in [3.63, 3.8) is 0 Å². The number of rotatable bonds is 4. The maximum Gasteiger partial charge on any atom is 0.0886 e. The summed E-state index contributed by atoms with van der Waals surface area (Å²) in [6.45, 7) is 2.03. The Morgan fingerprint density at radius 2 is 1.29 bits per heavy atom. The van der Waals surface area contributed by atoms with E-state index in [1.807, 2.05) is 45.5 Å². The first-order valence-electron chi connectivity index (χ1n) is 7.96. The molecule has 24 heavy (non-hydrogen) atoms. The molecule has 0 aliphatic carbocycles. The van der Waals surface area contributed by atoms with Crippen LogP contribution in [-0.2, 0) is 0 Å². The molecule has 0 unspecified atom stereocenters. The summed E-state index contributed by atoms with van der Waals surface area (Å²) in [7, 11) is 4.09. The molecule has 3 nitrogen and oxygen atoms in total. The normalized spacial score (nSPS) is 11.0. The predicted molar refractivity (Wildman–Crippen MR) is 102 cm³/mol. The van der Waals surface area contributed by atoms with Crippen molar-refractivity contribution in [1.82, 2.24) is 9.97 Å². The number of hydrogen-bond acceptors (Lipinski definition) is 3. The predicted octanol–water partition coefficient (Wildman–Crippen LogP) is 4.69. The number of aryl methyl sites for hydroxylation is 1. The molecule has 2 heterocycles. The van der Waals surface area contributed by atoms with Crippen LogP contribution in [0.2, 0.25) is 0 Å². The number of aromatic nitrogens is 2. The van der Waals surface area contributed by atoms with Crippen molar-refractivity contribution < 1.29 is 0 Å². The number of pyridine rings is 2. The highest BCUT2D eigenvalue weighted by Gasteiger charge is 2.00. The summed E-state index contributed by atoms with van der Waals surface area (Å²) in [4.78, 5) is 11.0. The van der Waals surface area contributed by atoms with Crippen molar-refractivity contribution in [3.8, 4) is 11.4 Å². The first-order chi connectivity index (χ1) is 11.6. The SMILES string of the molecule is Cc1ccc(-c2ccc(/C=C/c3ccc(N(C)C)cc3)cn2)nc1. The van der Waals surface area contributed by atoms with Gasteiger partial charge in [0.15, 0.2) is 0 Å². The molecule has 1 aromatic carbocycles. The van der Waals surface area contributed by atoms with E-state index in [1.165, 1.54) is 11.3 Å². The highest BCUT2D eigenvalue weighted by atomic mass is 15.1. The minimum Gasteiger partial charge on any atom is -0.378 e. The zero-order valence-corrected chi connectivity index (χ0v) is 14.3. The molecule has 0 amide bonds. The molecule has 0 spiro atoms. The molecule has 0 fully saturated rings. The first kappa shape index (κ1) is 15.9. The Labute approximate surface area is 143 Å². The zero-order chi connectivity index (χ0) is 16.9. The molecule has 3 heteroatoms. The van der Waals surface area contributed by atoms with Crippen LogP contribution in [0, 0.1) is 6.92 Å². The van der Waals surface area contributed by atoms with E-state index in [9.17, 15) is 0 Å². The van der Waals surface area contributed by atoms with Gasteiger partial charge in [0.1, 0.15) is 0 Å². The largest absolute Gasteiger partial charge is 0.378 e. The molecule has 0 saturated heterocycles. The minimum atomic E-state index is 0.891.